The fourth-order valence-corrected chi connectivity index (χ4v) is 2.01. The van der Waals surface area contributed by atoms with Crippen LogP contribution in [0.2, 0.25) is 0 Å². The van der Waals surface area contributed by atoms with Gasteiger partial charge in [0.25, 0.3) is 0 Å². The number of nitrogens with one attached hydrogen (secondary N) is 1. The van der Waals surface area contributed by atoms with Gasteiger partial charge in [0.15, 0.2) is 0 Å². The first-order chi connectivity index (χ1) is 7.31. The number of carbonyl (C=O) groups is 1. The van der Waals surface area contributed by atoms with E-state index in [0.29, 0.717) is 5.92 Å². The summed E-state index contributed by atoms with van der Waals surface area (Å²) in [6, 6.07) is 4.07. The molecule has 1 aliphatic heterocycles. The van der Waals surface area contributed by atoms with Gasteiger partial charge < -0.3 is 10.2 Å². The number of aromatic nitrogens is 1. The maximum atomic E-state index is 11.4. The van der Waals surface area contributed by atoms with Crippen LogP contribution in [0.1, 0.15) is 17.9 Å². The van der Waals surface area contributed by atoms with Crippen molar-refractivity contribution in [3.8, 4) is 0 Å². The van der Waals surface area contributed by atoms with E-state index in [0.717, 1.165) is 19.5 Å². The molecule has 4 heteroatoms. The van der Waals surface area contributed by atoms with Crippen LogP contribution < -0.4 is 5.32 Å². The van der Waals surface area contributed by atoms with Crippen LogP contribution in [0.15, 0.2) is 24.5 Å². The van der Waals surface area contributed by atoms with E-state index in [1.807, 2.05) is 17.0 Å². The molecule has 0 aromatic carbocycles. The zero-order valence-electron chi connectivity index (χ0n) is 8.81. The number of rotatable bonds is 1. The Hall–Kier alpha value is -1.58. The van der Waals surface area contributed by atoms with Gasteiger partial charge in [-0.05, 0) is 24.1 Å². The van der Waals surface area contributed by atoms with E-state index in [-0.39, 0.29) is 6.03 Å². The van der Waals surface area contributed by atoms with E-state index >= 15 is 0 Å². The third-order valence-electron chi connectivity index (χ3n) is 2.87. The Morgan fingerprint density at radius 3 is 2.93 bits per heavy atom. The molecule has 2 heterocycles. The van der Waals surface area contributed by atoms with E-state index in [9.17, 15) is 4.79 Å². The Morgan fingerprint density at radius 2 is 2.27 bits per heavy atom. The predicted molar refractivity (Wildman–Crippen MR) is 57.6 cm³/mol. The summed E-state index contributed by atoms with van der Waals surface area (Å²) in [5.74, 6) is 0.463. The summed E-state index contributed by atoms with van der Waals surface area (Å²) in [6.45, 7) is 1.65. The fraction of sp³-hybridized carbons (Fsp3) is 0.455. The Labute approximate surface area is 89.3 Å². The second kappa shape index (κ2) is 4.29. The highest BCUT2D eigenvalue weighted by atomic mass is 16.2. The first-order valence-electron chi connectivity index (χ1n) is 5.18. The summed E-state index contributed by atoms with van der Waals surface area (Å²) < 4.78 is 0. The SMILES string of the molecule is CNC(=O)N1CCC(c2ccncc2)C1. The minimum Gasteiger partial charge on any atom is -0.341 e. The van der Waals surface area contributed by atoms with Gasteiger partial charge in [-0.2, -0.15) is 0 Å². The van der Waals surface area contributed by atoms with Crippen molar-refractivity contribution in [2.45, 2.75) is 12.3 Å². The molecule has 0 spiro atoms. The molecule has 1 aromatic heterocycles. The topological polar surface area (TPSA) is 45.2 Å². The van der Waals surface area contributed by atoms with Crippen LogP contribution in [-0.2, 0) is 0 Å². The second-order valence-corrected chi connectivity index (χ2v) is 3.77. The molecule has 80 valence electrons. The smallest absolute Gasteiger partial charge is 0.317 e. The lowest BCUT2D eigenvalue weighted by molar-refractivity contribution is 0.210. The van der Waals surface area contributed by atoms with Gasteiger partial charge in [-0.3, -0.25) is 4.98 Å². The maximum Gasteiger partial charge on any atom is 0.317 e. The van der Waals surface area contributed by atoms with Crippen molar-refractivity contribution in [3.63, 3.8) is 0 Å². The number of hydrogen-bond donors (Lipinski definition) is 1. The van der Waals surface area contributed by atoms with Crippen molar-refractivity contribution in [2.75, 3.05) is 20.1 Å². The Balaban J connectivity index is 2.02. The van der Waals surface area contributed by atoms with Crippen molar-refractivity contribution in [1.82, 2.24) is 15.2 Å². The van der Waals surface area contributed by atoms with Crippen LogP contribution in [0.3, 0.4) is 0 Å². The number of nitrogens with zero attached hydrogens (tertiary/aromatic N) is 2. The number of urea groups is 1. The largest absolute Gasteiger partial charge is 0.341 e. The quantitative estimate of drug-likeness (QED) is 0.749. The summed E-state index contributed by atoms with van der Waals surface area (Å²) in [5.41, 5.74) is 1.27. The molecule has 1 atom stereocenters. The molecular formula is C11H15N3O. The second-order valence-electron chi connectivity index (χ2n) is 3.77. The molecule has 4 nitrogen and oxygen atoms in total. The van der Waals surface area contributed by atoms with Crippen LogP contribution in [0.25, 0.3) is 0 Å². The molecule has 2 rings (SSSR count). The number of hydrogen-bond acceptors (Lipinski definition) is 2. The van der Waals surface area contributed by atoms with Gasteiger partial charge in [0.05, 0.1) is 0 Å². The van der Waals surface area contributed by atoms with Gasteiger partial charge in [-0.1, -0.05) is 0 Å². The van der Waals surface area contributed by atoms with E-state index in [2.05, 4.69) is 10.3 Å². The van der Waals surface area contributed by atoms with Crippen LogP contribution in [-0.4, -0.2) is 36.1 Å². The molecule has 2 amide bonds. The summed E-state index contributed by atoms with van der Waals surface area (Å²) >= 11 is 0. The molecule has 1 fully saturated rings. The zero-order valence-corrected chi connectivity index (χ0v) is 8.81. The van der Waals surface area contributed by atoms with Gasteiger partial charge in [-0.15, -0.1) is 0 Å². The van der Waals surface area contributed by atoms with Crippen molar-refractivity contribution in [2.24, 2.45) is 0 Å². The van der Waals surface area contributed by atoms with Crippen molar-refractivity contribution in [1.29, 1.82) is 0 Å². The maximum absolute atomic E-state index is 11.4. The summed E-state index contributed by atoms with van der Waals surface area (Å²) in [4.78, 5) is 17.2. The lowest BCUT2D eigenvalue weighted by Crippen LogP contribution is -2.36. The highest BCUT2D eigenvalue weighted by Gasteiger charge is 2.26. The van der Waals surface area contributed by atoms with Crippen molar-refractivity contribution < 1.29 is 4.79 Å². The Bertz CT molecular complexity index is 339. The van der Waals surface area contributed by atoms with E-state index in [4.69, 9.17) is 0 Å². The number of amides is 2. The monoisotopic (exact) mass is 205 g/mol. The molecule has 15 heavy (non-hydrogen) atoms. The molecule has 0 bridgehead atoms. The molecule has 1 aromatic rings. The minimum atomic E-state index is 0.0200. The first-order valence-corrected chi connectivity index (χ1v) is 5.18. The zero-order chi connectivity index (χ0) is 10.7. The number of pyridine rings is 1. The lowest BCUT2D eigenvalue weighted by atomic mass is 10.00. The summed E-state index contributed by atoms with van der Waals surface area (Å²) in [6.07, 6.45) is 4.65. The molecule has 0 saturated carbocycles. The van der Waals surface area contributed by atoms with Crippen molar-refractivity contribution in [3.05, 3.63) is 30.1 Å². The summed E-state index contributed by atoms with van der Waals surface area (Å²) in [5, 5.41) is 2.65. The predicted octanol–water partition coefficient (Wildman–Crippen LogP) is 1.21. The lowest BCUT2D eigenvalue weighted by Gasteiger charge is -2.15. The average Bonchev–Trinajstić information content (AvgIpc) is 2.78. The molecular weight excluding hydrogens is 190 g/mol. The fourth-order valence-electron chi connectivity index (χ4n) is 2.01. The van der Waals surface area contributed by atoms with Crippen LogP contribution >= 0.6 is 0 Å². The van der Waals surface area contributed by atoms with Crippen LogP contribution in [0.5, 0.6) is 0 Å². The van der Waals surface area contributed by atoms with E-state index in [1.165, 1.54) is 5.56 Å². The minimum absolute atomic E-state index is 0.0200. The molecule has 1 aliphatic rings. The highest BCUT2D eigenvalue weighted by molar-refractivity contribution is 5.74. The van der Waals surface area contributed by atoms with Crippen LogP contribution in [0.4, 0.5) is 4.79 Å². The van der Waals surface area contributed by atoms with Gasteiger partial charge in [0.2, 0.25) is 0 Å². The normalized spacial score (nSPS) is 20.3. The molecule has 1 unspecified atom stereocenters. The molecule has 0 aliphatic carbocycles. The third-order valence-corrected chi connectivity index (χ3v) is 2.87. The third kappa shape index (κ3) is 2.09. The number of carbonyl (C=O) groups excluding carboxylic acids is 1. The van der Waals surface area contributed by atoms with Crippen molar-refractivity contribution >= 4 is 6.03 Å². The Morgan fingerprint density at radius 1 is 1.53 bits per heavy atom. The van der Waals surface area contributed by atoms with Gasteiger partial charge in [0.1, 0.15) is 0 Å². The van der Waals surface area contributed by atoms with E-state index < -0.39 is 0 Å². The van der Waals surface area contributed by atoms with Gasteiger partial charge in [0, 0.05) is 38.4 Å². The van der Waals surface area contributed by atoms with Gasteiger partial charge >= 0.3 is 6.03 Å². The standard InChI is InChI=1S/C11H15N3O/c1-12-11(15)14-7-4-10(8-14)9-2-5-13-6-3-9/h2-3,5-6,10H,4,7-8H2,1H3,(H,12,15). The average molecular weight is 205 g/mol. The Kier molecular flexibility index (Phi) is 2.85. The van der Waals surface area contributed by atoms with E-state index in [1.54, 1.807) is 19.4 Å². The highest BCUT2D eigenvalue weighted by Crippen LogP contribution is 2.26. The molecule has 0 radical (unpaired) electrons. The first kappa shape index (κ1) is 9.96. The van der Waals surface area contributed by atoms with Crippen LogP contribution in [0, 0.1) is 0 Å². The summed E-state index contributed by atoms with van der Waals surface area (Å²) in [7, 11) is 1.67. The molecule has 1 N–H and O–H groups in total. The van der Waals surface area contributed by atoms with Gasteiger partial charge in [-0.25, -0.2) is 4.79 Å². The number of likely N-dealkylation sites (tertiary alicyclic amines) is 1. The molecule has 1 saturated heterocycles.